The van der Waals surface area contributed by atoms with Crippen LogP contribution in [0.4, 0.5) is 0 Å². The predicted octanol–water partition coefficient (Wildman–Crippen LogP) is 0.264. The number of nitriles is 4. The summed E-state index contributed by atoms with van der Waals surface area (Å²) in [4.78, 5) is 0. The average Bonchev–Trinajstić information content (AvgIpc) is 1.93. The third-order valence-electron chi connectivity index (χ3n) is 0.200. The number of rotatable bonds is 0. The second-order valence-corrected chi connectivity index (χ2v) is 0.624. The van der Waals surface area contributed by atoms with Crippen LogP contribution in [0.3, 0.4) is 0 Å². The van der Waals surface area contributed by atoms with E-state index in [-0.39, 0.29) is 23.1 Å². The fraction of sp³-hybridized carbons (Fsp3) is 0. The minimum absolute atomic E-state index is 0. The molecule has 0 aliphatic heterocycles. The largest absolute Gasteiger partial charge is 2.00 e. The van der Waals surface area contributed by atoms with Crippen molar-refractivity contribution in [2.45, 2.75) is 0 Å². The average molecular weight is 156 g/mol. The third-order valence-corrected chi connectivity index (χ3v) is 0.200. The minimum Gasteiger partial charge on any atom is -0.385 e. The zero-order valence-corrected chi connectivity index (χ0v) is 6.80. The van der Waals surface area contributed by atoms with Crippen LogP contribution in [0.1, 0.15) is 0 Å². The Bertz CT molecular complexity index is 171. The van der Waals surface area contributed by atoms with E-state index in [9.17, 15) is 0 Å². The molecular formula is C4MgN6. The molecule has 0 aliphatic rings. The SMILES string of the molecule is N#C[N-]C#N.N#C[N-]C#N.[Mg+2]. The summed E-state index contributed by atoms with van der Waals surface area (Å²) in [5, 5.41) is 34.9. The van der Waals surface area contributed by atoms with Crippen LogP contribution in [0.15, 0.2) is 0 Å². The van der Waals surface area contributed by atoms with Gasteiger partial charge in [-0.1, -0.05) is 0 Å². The first-order chi connectivity index (χ1) is 4.83. The van der Waals surface area contributed by atoms with Crippen LogP contribution in [-0.4, -0.2) is 23.1 Å². The van der Waals surface area contributed by atoms with Crippen molar-refractivity contribution in [1.82, 2.24) is 0 Å². The molecule has 0 atom stereocenters. The van der Waals surface area contributed by atoms with Crippen LogP contribution >= 0.6 is 0 Å². The molecule has 0 aromatic heterocycles. The first kappa shape index (κ1) is 16.2. The topological polar surface area (TPSA) is 123 Å². The summed E-state index contributed by atoms with van der Waals surface area (Å²) in [6.07, 6.45) is 5.12. The van der Waals surface area contributed by atoms with Crippen molar-refractivity contribution in [1.29, 1.82) is 21.0 Å². The molecule has 0 saturated heterocycles. The Morgan fingerprint density at radius 2 is 0.818 bits per heavy atom. The van der Waals surface area contributed by atoms with Crippen LogP contribution in [0.25, 0.3) is 10.6 Å². The van der Waals surface area contributed by atoms with Gasteiger partial charge in [0.15, 0.2) is 0 Å². The predicted molar refractivity (Wildman–Crippen MR) is 34.9 cm³/mol. The molecule has 0 amide bonds. The van der Waals surface area contributed by atoms with Gasteiger partial charge in [0.05, 0.1) is 0 Å². The van der Waals surface area contributed by atoms with Crippen LogP contribution in [0.5, 0.6) is 0 Å². The van der Waals surface area contributed by atoms with E-state index in [0.29, 0.717) is 0 Å². The molecular weight excluding hydrogens is 156 g/mol. The van der Waals surface area contributed by atoms with E-state index >= 15 is 0 Å². The van der Waals surface area contributed by atoms with E-state index in [1.165, 1.54) is 24.8 Å². The van der Waals surface area contributed by atoms with E-state index in [0.717, 1.165) is 0 Å². The molecule has 48 valence electrons. The quantitative estimate of drug-likeness (QED) is 0.368. The molecule has 11 heavy (non-hydrogen) atoms. The van der Waals surface area contributed by atoms with E-state index in [4.69, 9.17) is 21.0 Å². The molecule has 0 aliphatic carbocycles. The summed E-state index contributed by atoms with van der Waals surface area (Å²) < 4.78 is 0. The van der Waals surface area contributed by atoms with Crippen molar-refractivity contribution >= 4 is 23.1 Å². The zero-order chi connectivity index (χ0) is 8.24. The Balaban J connectivity index is -0.000000107. The van der Waals surface area contributed by atoms with Crippen LogP contribution in [0.2, 0.25) is 0 Å². The van der Waals surface area contributed by atoms with Crippen LogP contribution < -0.4 is 0 Å². The maximum Gasteiger partial charge on any atom is 2.00 e. The van der Waals surface area contributed by atoms with E-state index in [1.54, 1.807) is 0 Å². The van der Waals surface area contributed by atoms with Gasteiger partial charge in [0.1, 0.15) is 0 Å². The van der Waals surface area contributed by atoms with Gasteiger partial charge in [-0.05, 0) is 0 Å². The van der Waals surface area contributed by atoms with E-state index in [1.807, 2.05) is 0 Å². The van der Waals surface area contributed by atoms with Gasteiger partial charge >= 0.3 is 23.1 Å². The molecule has 0 saturated carbocycles. The zero-order valence-electron chi connectivity index (χ0n) is 5.39. The van der Waals surface area contributed by atoms with Gasteiger partial charge in [0.2, 0.25) is 0 Å². The summed E-state index contributed by atoms with van der Waals surface area (Å²) in [6, 6.07) is 0. The van der Waals surface area contributed by atoms with Crippen LogP contribution in [0, 0.1) is 45.8 Å². The second-order valence-electron chi connectivity index (χ2n) is 0.624. The Morgan fingerprint density at radius 1 is 0.636 bits per heavy atom. The summed E-state index contributed by atoms with van der Waals surface area (Å²) in [6.45, 7) is 0. The van der Waals surface area contributed by atoms with Crippen molar-refractivity contribution in [3.63, 3.8) is 0 Å². The number of hydrogen-bond acceptors (Lipinski definition) is 4. The number of nitrogens with zero attached hydrogens (tertiary/aromatic N) is 6. The summed E-state index contributed by atoms with van der Waals surface area (Å²) in [5.74, 6) is 0. The van der Waals surface area contributed by atoms with Gasteiger partial charge < -0.3 is 21.0 Å². The van der Waals surface area contributed by atoms with Gasteiger partial charge in [-0.2, -0.15) is 0 Å². The van der Waals surface area contributed by atoms with Gasteiger partial charge in [0, 0.05) is 24.8 Å². The van der Waals surface area contributed by atoms with Gasteiger partial charge in [-0.25, -0.2) is 0 Å². The van der Waals surface area contributed by atoms with Gasteiger partial charge in [-0.15, -0.1) is 0 Å². The van der Waals surface area contributed by atoms with Crippen molar-refractivity contribution < 1.29 is 0 Å². The van der Waals surface area contributed by atoms with Gasteiger partial charge in [0.25, 0.3) is 0 Å². The maximum atomic E-state index is 7.43. The molecule has 0 bridgehead atoms. The van der Waals surface area contributed by atoms with Crippen molar-refractivity contribution in [3.05, 3.63) is 10.6 Å². The third kappa shape index (κ3) is 61.6. The normalized spacial score (nSPS) is 3.27. The first-order valence-corrected chi connectivity index (χ1v) is 1.79. The minimum atomic E-state index is 0. The molecule has 0 aromatic rings. The molecule has 7 heteroatoms. The molecule has 0 radical (unpaired) electrons. The van der Waals surface area contributed by atoms with Crippen molar-refractivity contribution in [2.24, 2.45) is 0 Å². The Labute approximate surface area is 79.8 Å². The molecule has 6 nitrogen and oxygen atoms in total. The molecule has 0 N–H and O–H groups in total. The molecule has 0 fully saturated rings. The smallest absolute Gasteiger partial charge is 0.385 e. The number of hydrogen-bond donors (Lipinski definition) is 0. The van der Waals surface area contributed by atoms with E-state index in [2.05, 4.69) is 10.6 Å². The Morgan fingerprint density at radius 3 is 0.818 bits per heavy atom. The monoisotopic (exact) mass is 156 g/mol. The maximum absolute atomic E-state index is 7.43. The molecule has 0 heterocycles. The van der Waals surface area contributed by atoms with Crippen molar-refractivity contribution in [2.75, 3.05) is 0 Å². The van der Waals surface area contributed by atoms with E-state index < -0.39 is 0 Å². The summed E-state index contributed by atoms with van der Waals surface area (Å²) >= 11 is 0. The summed E-state index contributed by atoms with van der Waals surface area (Å²) in [5.41, 5.74) is 0. The summed E-state index contributed by atoms with van der Waals surface area (Å²) in [7, 11) is 0. The molecule has 0 aromatic carbocycles. The fourth-order valence-electron chi connectivity index (χ4n) is 0.0447. The second kappa shape index (κ2) is 23.9. The molecule has 0 spiro atoms. The van der Waals surface area contributed by atoms with Gasteiger partial charge in [-0.3, -0.25) is 10.6 Å². The first-order valence-electron chi connectivity index (χ1n) is 1.79. The standard InChI is InChI=1S/2C2N3.Mg/c2*3-1-5-2-4;/q2*-1;+2. The molecule has 0 rings (SSSR count). The Hall–Kier alpha value is -1.67. The Kier molecular flexibility index (Phi) is 35.1. The molecule has 0 unspecified atom stereocenters. The van der Waals surface area contributed by atoms with Crippen molar-refractivity contribution in [3.8, 4) is 24.8 Å². The van der Waals surface area contributed by atoms with Crippen LogP contribution in [-0.2, 0) is 0 Å². The fourth-order valence-corrected chi connectivity index (χ4v) is 0.0447.